The highest BCUT2D eigenvalue weighted by molar-refractivity contribution is 6.29. The lowest BCUT2D eigenvalue weighted by atomic mass is 10.2. The molecule has 0 unspecified atom stereocenters. The molecule has 0 bridgehead atoms. The molecule has 2 aromatic rings. The van der Waals surface area contributed by atoms with Crippen LogP contribution >= 0.6 is 11.6 Å². The van der Waals surface area contributed by atoms with Crippen LogP contribution in [0.5, 0.6) is 0 Å². The fraction of sp³-hybridized carbons (Fsp3) is 0. The Morgan fingerprint density at radius 2 is 2.00 bits per heavy atom. The zero-order valence-electron chi connectivity index (χ0n) is 8.27. The fourth-order valence-corrected chi connectivity index (χ4v) is 1.39. The Morgan fingerprint density at radius 1 is 1.12 bits per heavy atom. The second-order valence-corrected chi connectivity index (χ2v) is 3.54. The summed E-state index contributed by atoms with van der Waals surface area (Å²) in [7, 11) is 0. The van der Waals surface area contributed by atoms with Gasteiger partial charge in [-0.15, -0.1) is 0 Å². The summed E-state index contributed by atoms with van der Waals surface area (Å²) in [5.41, 5.74) is 1.46. The Labute approximate surface area is 97.4 Å². The molecule has 1 heterocycles. The van der Waals surface area contributed by atoms with E-state index in [0.717, 1.165) is 5.56 Å². The average molecular weight is 235 g/mol. The molecule has 0 aliphatic carbocycles. The van der Waals surface area contributed by atoms with Crippen LogP contribution in [0.1, 0.15) is 11.3 Å². The van der Waals surface area contributed by atoms with Gasteiger partial charge in [0.25, 0.3) is 0 Å². The number of nitrogens with zero attached hydrogens (tertiary/aromatic N) is 2. The number of hydrogen-bond acceptors (Lipinski definition) is 2. The van der Waals surface area contributed by atoms with Crippen molar-refractivity contribution in [2.24, 2.45) is 0 Å². The second kappa shape index (κ2) is 4.86. The first-order chi connectivity index (χ1) is 7.74. The molecule has 0 amide bonds. The Morgan fingerprint density at radius 3 is 2.75 bits per heavy atom. The van der Waals surface area contributed by atoms with Crippen molar-refractivity contribution in [1.29, 1.82) is 0 Å². The van der Waals surface area contributed by atoms with Crippen LogP contribution in [0.2, 0.25) is 5.15 Å². The monoisotopic (exact) mass is 234 g/mol. The maximum atomic E-state index is 12.9. The van der Waals surface area contributed by atoms with Gasteiger partial charge in [0, 0.05) is 6.07 Å². The summed E-state index contributed by atoms with van der Waals surface area (Å²) in [6.07, 6.45) is 4.90. The molecule has 0 fully saturated rings. The first-order valence-corrected chi connectivity index (χ1v) is 5.03. The number of aromatic nitrogens is 2. The van der Waals surface area contributed by atoms with E-state index < -0.39 is 0 Å². The van der Waals surface area contributed by atoms with Gasteiger partial charge < -0.3 is 0 Å². The van der Waals surface area contributed by atoms with Crippen molar-refractivity contribution in [3.8, 4) is 0 Å². The lowest BCUT2D eigenvalue weighted by Crippen LogP contribution is -1.82. The van der Waals surface area contributed by atoms with Crippen LogP contribution in [0.25, 0.3) is 12.2 Å². The first kappa shape index (κ1) is 10.8. The van der Waals surface area contributed by atoms with Gasteiger partial charge in [0.2, 0.25) is 0 Å². The number of rotatable bonds is 2. The molecule has 0 atom stereocenters. The van der Waals surface area contributed by atoms with Crippen LogP contribution < -0.4 is 0 Å². The predicted molar refractivity (Wildman–Crippen MR) is 62.4 cm³/mol. The second-order valence-electron chi connectivity index (χ2n) is 3.15. The van der Waals surface area contributed by atoms with Gasteiger partial charge in [0.15, 0.2) is 0 Å². The molecule has 0 aliphatic heterocycles. The lowest BCUT2D eigenvalue weighted by Gasteiger charge is -1.94. The van der Waals surface area contributed by atoms with E-state index in [1.54, 1.807) is 24.3 Å². The lowest BCUT2D eigenvalue weighted by molar-refractivity contribution is 0.627. The first-order valence-electron chi connectivity index (χ1n) is 4.65. The van der Waals surface area contributed by atoms with E-state index in [4.69, 9.17) is 11.6 Å². The van der Waals surface area contributed by atoms with E-state index in [0.29, 0.717) is 10.8 Å². The van der Waals surface area contributed by atoms with Gasteiger partial charge in [0.05, 0.1) is 5.69 Å². The molecule has 2 nitrogen and oxygen atoms in total. The van der Waals surface area contributed by atoms with Crippen molar-refractivity contribution < 1.29 is 4.39 Å². The zero-order chi connectivity index (χ0) is 11.4. The Kier molecular flexibility index (Phi) is 3.27. The van der Waals surface area contributed by atoms with Crippen molar-refractivity contribution >= 4 is 23.8 Å². The van der Waals surface area contributed by atoms with Gasteiger partial charge in [-0.25, -0.2) is 14.4 Å². The fourth-order valence-electron chi connectivity index (χ4n) is 1.23. The summed E-state index contributed by atoms with van der Waals surface area (Å²) in [6.45, 7) is 0. The summed E-state index contributed by atoms with van der Waals surface area (Å²) in [6, 6.07) is 7.94. The van der Waals surface area contributed by atoms with Crippen molar-refractivity contribution in [3.63, 3.8) is 0 Å². The van der Waals surface area contributed by atoms with E-state index in [1.165, 1.54) is 18.5 Å². The summed E-state index contributed by atoms with van der Waals surface area (Å²) in [5.74, 6) is -0.261. The van der Waals surface area contributed by atoms with Gasteiger partial charge in [0.1, 0.15) is 17.3 Å². The van der Waals surface area contributed by atoms with Crippen LogP contribution in [-0.2, 0) is 0 Å². The number of benzene rings is 1. The highest BCUT2D eigenvalue weighted by Crippen LogP contribution is 2.10. The standard InChI is InChI=1S/C12H8ClFN2/c13-12-7-11(15-8-16-12)5-4-9-2-1-3-10(14)6-9/h1-8H/b5-4+. The molecule has 0 saturated heterocycles. The van der Waals surface area contributed by atoms with Crippen LogP contribution in [0.15, 0.2) is 36.7 Å². The predicted octanol–water partition coefficient (Wildman–Crippen LogP) is 3.44. The molecule has 0 radical (unpaired) electrons. The Balaban J connectivity index is 2.21. The van der Waals surface area contributed by atoms with Crippen molar-refractivity contribution in [2.75, 3.05) is 0 Å². The SMILES string of the molecule is Fc1cccc(/C=C/c2cc(Cl)ncn2)c1. The maximum absolute atomic E-state index is 12.9. The minimum absolute atomic E-state index is 0.261. The smallest absolute Gasteiger partial charge is 0.133 e. The van der Waals surface area contributed by atoms with Crippen molar-refractivity contribution in [2.45, 2.75) is 0 Å². The van der Waals surface area contributed by atoms with Crippen LogP contribution in [0, 0.1) is 5.82 Å². The highest BCUT2D eigenvalue weighted by Gasteiger charge is 1.93. The van der Waals surface area contributed by atoms with Crippen molar-refractivity contribution in [3.05, 3.63) is 58.9 Å². The topological polar surface area (TPSA) is 25.8 Å². The number of halogens is 2. The zero-order valence-corrected chi connectivity index (χ0v) is 9.03. The maximum Gasteiger partial charge on any atom is 0.133 e. The van der Waals surface area contributed by atoms with Crippen molar-refractivity contribution in [1.82, 2.24) is 9.97 Å². The van der Waals surface area contributed by atoms with E-state index in [9.17, 15) is 4.39 Å². The molecule has 2 rings (SSSR count). The quantitative estimate of drug-likeness (QED) is 0.744. The molecular weight excluding hydrogens is 227 g/mol. The molecule has 1 aromatic heterocycles. The Hall–Kier alpha value is -1.74. The largest absolute Gasteiger partial charge is 0.237 e. The summed E-state index contributed by atoms with van der Waals surface area (Å²) in [4.78, 5) is 7.77. The van der Waals surface area contributed by atoms with E-state index in [1.807, 2.05) is 6.07 Å². The third-order valence-electron chi connectivity index (χ3n) is 1.95. The Bertz CT molecular complexity index is 478. The van der Waals surface area contributed by atoms with Gasteiger partial charge in [-0.2, -0.15) is 0 Å². The average Bonchev–Trinajstić information content (AvgIpc) is 2.27. The molecule has 0 N–H and O–H groups in total. The molecule has 80 valence electrons. The van der Waals surface area contributed by atoms with Gasteiger partial charge >= 0.3 is 0 Å². The molecule has 0 spiro atoms. The van der Waals surface area contributed by atoms with Gasteiger partial charge in [-0.1, -0.05) is 29.8 Å². The van der Waals surface area contributed by atoms with Gasteiger partial charge in [-0.3, -0.25) is 0 Å². The minimum atomic E-state index is -0.261. The summed E-state index contributed by atoms with van der Waals surface area (Å²) < 4.78 is 12.9. The normalized spacial score (nSPS) is 10.9. The third kappa shape index (κ3) is 2.87. The molecule has 4 heteroatoms. The molecule has 0 saturated carbocycles. The van der Waals surface area contributed by atoms with E-state index in [2.05, 4.69) is 9.97 Å². The van der Waals surface area contributed by atoms with E-state index in [-0.39, 0.29) is 5.82 Å². The highest BCUT2D eigenvalue weighted by atomic mass is 35.5. The molecule has 0 aliphatic rings. The summed E-state index contributed by atoms with van der Waals surface area (Å²) >= 11 is 5.71. The van der Waals surface area contributed by atoms with Gasteiger partial charge in [-0.05, 0) is 23.8 Å². The van der Waals surface area contributed by atoms with Crippen LogP contribution in [-0.4, -0.2) is 9.97 Å². The molecule has 1 aromatic carbocycles. The minimum Gasteiger partial charge on any atom is -0.237 e. The molecular formula is C12H8ClFN2. The van der Waals surface area contributed by atoms with Crippen LogP contribution in [0.3, 0.4) is 0 Å². The number of hydrogen-bond donors (Lipinski definition) is 0. The van der Waals surface area contributed by atoms with E-state index >= 15 is 0 Å². The third-order valence-corrected chi connectivity index (χ3v) is 2.16. The molecule has 16 heavy (non-hydrogen) atoms. The van der Waals surface area contributed by atoms with Crippen LogP contribution in [0.4, 0.5) is 4.39 Å². The summed E-state index contributed by atoms with van der Waals surface area (Å²) in [5, 5.41) is 0.383.